The van der Waals surface area contributed by atoms with Crippen LogP contribution < -0.4 is 4.90 Å². The number of fused-ring (bicyclic) bond motifs is 2. The molecule has 0 aromatic heterocycles. The Bertz CT molecular complexity index is 964. The average Bonchev–Trinajstić information content (AvgIpc) is 2.54. The van der Waals surface area contributed by atoms with Crippen LogP contribution in [0.4, 0.5) is 5.69 Å². The molecule has 0 saturated heterocycles. The maximum atomic E-state index is 13.1. The largest absolute Gasteiger partial charge is 0.289 e. The Labute approximate surface area is 149 Å². The summed E-state index contributed by atoms with van der Waals surface area (Å²) in [5, 5.41) is 0.121. The molecule has 25 heavy (non-hydrogen) atoms. The summed E-state index contributed by atoms with van der Waals surface area (Å²) in [5.41, 5.74) is 1.10. The van der Waals surface area contributed by atoms with E-state index in [1.807, 2.05) is 0 Å². The van der Waals surface area contributed by atoms with Crippen LogP contribution in [-0.4, -0.2) is 23.4 Å². The smallest absolute Gasteiger partial charge is 0.230 e. The van der Waals surface area contributed by atoms with Crippen molar-refractivity contribution in [2.24, 2.45) is 0 Å². The van der Waals surface area contributed by atoms with Gasteiger partial charge in [-0.15, -0.1) is 0 Å². The molecule has 0 N–H and O–H groups in total. The summed E-state index contributed by atoms with van der Waals surface area (Å²) in [6, 6.07) is 7.91. The molecule has 1 aliphatic carbocycles. The fourth-order valence-corrected chi connectivity index (χ4v) is 3.53. The second-order valence-corrected chi connectivity index (χ2v) is 6.26. The van der Waals surface area contributed by atoms with Crippen LogP contribution in [0, 0.1) is 6.92 Å². The highest BCUT2D eigenvalue weighted by atomic mass is 35.5. The Kier molecular flexibility index (Phi) is 4.05. The van der Waals surface area contributed by atoms with Gasteiger partial charge in [-0.3, -0.25) is 24.1 Å². The number of benzene rings is 2. The van der Waals surface area contributed by atoms with Crippen LogP contribution in [0.1, 0.15) is 51.3 Å². The number of nitrogens with zero attached hydrogens (tertiary/aromatic N) is 1. The number of hydrogen-bond donors (Lipinski definition) is 0. The molecule has 2 aromatic rings. The van der Waals surface area contributed by atoms with Crippen molar-refractivity contribution in [1.82, 2.24) is 0 Å². The number of anilines is 1. The molecule has 0 saturated carbocycles. The van der Waals surface area contributed by atoms with Gasteiger partial charge in [0.05, 0.1) is 21.8 Å². The van der Waals surface area contributed by atoms with E-state index in [1.165, 1.54) is 19.9 Å². The summed E-state index contributed by atoms with van der Waals surface area (Å²) >= 11 is 6.25. The maximum Gasteiger partial charge on any atom is 0.230 e. The summed E-state index contributed by atoms with van der Waals surface area (Å²) in [7, 11) is 0. The average molecular weight is 356 g/mol. The monoisotopic (exact) mass is 355 g/mol. The minimum absolute atomic E-state index is 0.000833. The Balaban J connectivity index is 2.43. The first kappa shape index (κ1) is 17.0. The first-order valence-corrected chi connectivity index (χ1v) is 7.96. The number of amides is 2. The van der Waals surface area contributed by atoms with Crippen molar-refractivity contribution in [1.29, 1.82) is 0 Å². The predicted octanol–water partition coefficient (Wildman–Crippen LogP) is 3.32. The van der Waals surface area contributed by atoms with Crippen molar-refractivity contribution in [2.45, 2.75) is 20.8 Å². The normalized spacial score (nSPS) is 12.5. The fourth-order valence-electron chi connectivity index (χ4n) is 3.18. The molecule has 3 rings (SSSR count). The van der Waals surface area contributed by atoms with Crippen molar-refractivity contribution in [3.63, 3.8) is 0 Å². The molecule has 0 fully saturated rings. The Morgan fingerprint density at radius 1 is 0.920 bits per heavy atom. The SMILES string of the molecule is CC(=O)N(C(C)=O)c1c(C)cc(Cl)c2c1C(=O)c1ccccc1C2=O. The maximum absolute atomic E-state index is 13.1. The van der Waals surface area contributed by atoms with Gasteiger partial charge in [0, 0.05) is 25.0 Å². The molecule has 1 aliphatic rings. The van der Waals surface area contributed by atoms with Gasteiger partial charge in [-0.05, 0) is 18.6 Å². The van der Waals surface area contributed by atoms with Crippen molar-refractivity contribution >= 4 is 40.7 Å². The molecule has 0 unspecified atom stereocenters. The van der Waals surface area contributed by atoms with Crippen molar-refractivity contribution in [2.75, 3.05) is 4.90 Å². The number of imide groups is 1. The molecule has 0 aliphatic heterocycles. The minimum Gasteiger partial charge on any atom is -0.289 e. The highest BCUT2D eigenvalue weighted by Gasteiger charge is 2.37. The molecule has 5 nitrogen and oxygen atoms in total. The summed E-state index contributed by atoms with van der Waals surface area (Å²) in [6.07, 6.45) is 0. The van der Waals surface area contributed by atoms with Gasteiger partial charge in [-0.1, -0.05) is 35.9 Å². The number of rotatable bonds is 1. The number of halogens is 1. The third-order valence-corrected chi connectivity index (χ3v) is 4.46. The molecule has 2 aromatic carbocycles. The summed E-state index contributed by atoms with van der Waals surface area (Å²) < 4.78 is 0. The zero-order valence-corrected chi connectivity index (χ0v) is 14.6. The van der Waals surface area contributed by atoms with E-state index < -0.39 is 23.4 Å². The number of carbonyl (C=O) groups is 4. The lowest BCUT2D eigenvalue weighted by molar-refractivity contribution is -0.124. The van der Waals surface area contributed by atoms with Crippen LogP contribution in [0.2, 0.25) is 5.02 Å². The van der Waals surface area contributed by atoms with Crippen molar-refractivity contribution in [3.05, 3.63) is 63.2 Å². The molecule has 0 spiro atoms. The van der Waals surface area contributed by atoms with Gasteiger partial charge in [0.1, 0.15) is 0 Å². The highest BCUT2D eigenvalue weighted by molar-refractivity contribution is 6.40. The van der Waals surface area contributed by atoms with E-state index in [9.17, 15) is 19.2 Å². The lowest BCUT2D eigenvalue weighted by Crippen LogP contribution is -2.36. The Morgan fingerprint density at radius 3 is 1.88 bits per heavy atom. The summed E-state index contributed by atoms with van der Waals surface area (Å²) in [6.45, 7) is 4.09. The number of ketones is 2. The molecular weight excluding hydrogens is 342 g/mol. The van der Waals surface area contributed by atoms with Gasteiger partial charge >= 0.3 is 0 Å². The molecule has 0 atom stereocenters. The van der Waals surface area contributed by atoms with E-state index >= 15 is 0 Å². The van der Waals surface area contributed by atoms with Crippen LogP contribution in [-0.2, 0) is 9.59 Å². The number of carbonyl (C=O) groups excluding carboxylic acids is 4. The van der Waals surface area contributed by atoms with E-state index in [0.29, 0.717) is 5.56 Å². The number of hydrogen-bond acceptors (Lipinski definition) is 4. The van der Waals surface area contributed by atoms with E-state index in [1.54, 1.807) is 31.2 Å². The molecule has 0 heterocycles. The van der Waals surface area contributed by atoms with Gasteiger partial charge in [-0.2, -0.15) is 0 Å². The molecule has 6 heteroatoms. The second-order valence-electron chi connectivity index (χ2n) is 5.85. The molecular formula is C19H14ClNO4. The van der Waals surface area contributed by atoms with Crippen molar-refractivity contribution < 1.29 is 19.2 Å². The lowest BCUT2D eigenvalue weighted by Gasteiger charge is -2.27. The summed E-state index contributed by atoms with van der Waals surface area (Å²) in [4.78, 5) is 50.9. The van der Waals surface area contributed by atoms with Gasteiger partial charge in [0.25, 0.3) is 0 Å². The number of aryl methyl sites for hydroxylation is 1. The third-order valence-electron chi connectivity index (χ3n) is 4.17. The van der Waals surface area contributed by atoms with E-state index in [4.69, 9.17) is 11.6 Å². The van der Waals surface area contributed by atoms with Gasteiger partial charge in [0.2, 0.25) is 11.8 Å². The van der Waals surface area contributed by atoms with Gasteiger partial charge < -0.3 is 0 Å². The molecule has 2 amide bonds. The van der Waals surface area contributed by atoms with Crippen LogP contribution in [0.5, 0.6) is 0 Å². The quantitative estimate of drug-likeness (QED) is 0.671. The molecule has 126 valence electrons. The lowest BCUT2D eigenvalue weighted by atomic mass is 9.82. The highest BCUT2D eigenvalue weighted by Crippen LogP contribution is 2.40. The topological polar surface area (TPSA) is 71.5 Å². The van der Waals surface area contributed by atoms with Gasteiger partial charge in [0.15, 0.2) is 11.6 Å². The van der Waals surface area contributed by atoms with Crippen LogP contribution in [0.15, 0.2) is 30.3 Å². The fraction of sp³-hybridized carbons (Fsp3) is 0.158. The predicted molar refractivity (Wildman–Crippen MR) is 93.3 cm³/mol. The minimum atomic E-state index is -0.542. The van der Waals surface area contributed by atoms with E-state index in [-0.39, 0.29) is 33.0 Å². The molecule has 0 bridgehead atoms. The Hall–Kier alpha value is -2.79. The van der Waals surface area contributed by atoms with Crippen molar-refractivity contribution in [3.8, 4) is 0 Å². The first-order chi connectivity index (χ1) is 11.8. The zero-order chi connectivity index (χ0) is 18.5. The van der Waals surface area contributed by atoms with Crippen LogP contribution >= 0.6 is 11.6 Å². The zero-order valence-electron chi connectivity index (χ0n) is 13.8. The Morgan fingerprint density at radius 2 is 1.40 bits per heavy atom. The molecule has 0 radical (unpaired) electrons. The van der Waals surface area contributed by atoms with E-state index in [2.05, 4.69) is 0 Å². The summed E-state index contributed by atoms with van der Waals surface area (Å²) in [5.74, 6) is -1.92. The first-order valence-electron chi connectivity index (χ1n) is 7.58. The second kappa shape index (κ2) is 5.93. The van der Waals surface area contributed by atoms with Crippen LogP contribution in [0.3, 0.4) is 0 Å². The standard InChI is InChI=1S/C19H14ClNO4/c1-9-8-14(20)15-16(17(9)21(10(2)22)11(3)23)19(25)13-7-5-4-6-12(13)18(15)24/h4-8H,1-3H3. The third kappa shape index (κ3) is 2.48. The van der Waals surface area contributed by atoms with E-state index in [0.717, 1.165) is 4.90 Å². The van der Waals surface area contributed by atoms with Gasteiger partial charge in [-0.25, -0.2) is 0 Å². The van der Waals surface area contributed by atoms with Crippen LogP contribution in [0.25, 0.3) is 0 Å².